The molecule has 0 saturated carbocycles. The van der Waals surface area contributed by atoms with Gasteiger partial charge in [-0.3, -0.25) is 4.68 Å². The van der Waals surface area contributed by atoms with Crippen molar-refractivity contribution in [2.75, 3.05) is 40.5 Å². The van der Waals surface area contributed by atoms with Crippen molar-refractivity contribution in [3.8, 4) is 22.8 Å². The van der Waals surface area contributed by atoms with Crippen LogP contribution in [0.15, 0.2) is 18.5 Å². The molecule has 8 nitrogen and oxygen atoms in total. The summed E-state index contributed by atoms with van der Waals surface area (Å²) in [4.78, 5) is 6.88. The number of fused-ring (bicyclic) bond motifs is 1. The highest BCUT2D eigenvalue weighted by atomic mass is 16.5. The highest BCUT2D eigenvalue weighted by molar-refractivity contribution is 5.67. The van der Waals surface area contributed by atoms with Crippen LogP contribution < -0.4 is 4.74 Å². The standard InChI is InChI=1S/C24H32N6O2/c1-16-11-19(12-25-24(16)31-4)30-22-7-10-32-9-6-20(22)23(27-30)21-15-29(26-17(21)2)14-18-5-8-28(3)13-18/h11-12,15,18H,5-10,13-14H2,1-4H3. The Morgan fingerprint density at radius 3 is 2.78 bits per heavy atom. The molecule has 0 amide bonds. The summed E-state index contributed by atoms with van der Waals surface area (Å²) < 4.78 is 15.3. The molecule has 0 spiro atoms. The summed E-state index contributed by atoms with van der Waals surface area (Å²) in [5.74, 6) is 1.30. The summed E-state index contributed by atoms with van der Waals surface area (Å²) in [5.41, 5.74) is 7.57. The highest BCUT2D eigenvalue weighted by Gasteiger charge is 2.26. The first-order valence-corrected chi connectivity index (χ1v) is 11.5. The summed E-state index contributed by atoms with van der Waals surface area (Å²) in [5, 5.41) is 9.96. The van der Waals surface area contributed by atoms with E-state index >= 15 is 0 Å². The molecule has 3 aromatic rings. The molecule has 0 N–H and O–H groups in total. The van der Waals surface area contributed by atoms with E-state index in [1.807, 2.05) is 17.8 Å². The third-order valence-electron chi connectivity index (χ3n) is 6.66. The van der Waals surface area contributed by atoms with Gasteiger partial charge in [-0.05, 0) is 52.3 Å². The van der Waals surface area contributed by atoms with Gasteiger partial charge in [-0.25, -0.2) is 9.67 Å². The van der Waals surface area contributed by atoms with Crippen molar-refractivity contribution >= 4 is 0 Å². The maximum absolute atomic E-state index is 5.81. The average Bonchev–Trinajstić information content (AvgIpc) is 3.39. The predicted molar refractivity (Wildman–Crippen MR) is 122 cm³/mol. The second-order valence-electron chi connectivity index (χ2n) is 9.08. The first-order valence-electron chi connectivity index (χ1n) is 11.5. The Labute approximate surface area is 189 Å². The number of pyridine rings is 1. The number of aryl methyl sites for hydroxylation is 2. The van der Waals surface area contributed by atoms with Crippen molar-refractivity contribution in [2.45, 2.75) is 39.7 Å². The van der Waals surface area contributed by atoms with Crippen molar-refractivity contribution in [2.24, 2.45) is 5.92 Å². The van der Waals surface area contributed by atoms with Crippen molar-refractivity contribution in [1.82, 2.24) is 29.4 Å². The van der Waals surface area contributed by atoms with Crippen LogP contribution in [0, 0.1) is 19.8 Å². The zero-order valence-electron chi connectivity index (χ0n) is 19.5. The lowest BCUT2D eigenvalue weighted by Gasteiger charge is -2.10. The Hall–Kier alpha value is -2.71. The lowest BCUT2D eigenvalue weighted by atomic mass is 10.0. The molecule has 1 unspecified atom stereocenters. The van der Waals surface area contributed by atoms with Gasteiger partial charge >= 0.3 is 0 Å². The molecule has 8 heteroatoms. The molecule has 3 aromatic heterocycles. The molecule has 2 aliphatic rings. The Balaban J connectivity index is 1.54. The third kappa shape index (κ3) is 3.93. The highest BCUT2D eigenvalue weighted by Crippen LogP contribution is 2.32. The zero-order valence-corrected chi connectivity index (χ0v) is 19.5. The van der Waals surface area contributed by atoms with Gasteiger partial charge in [0.2, 0.25) is 5.88 Å². The molecule has 0 aliphatic carbocycles. The van der Waals surface area contributed by atoms with E-state index in [-0.39, 0.29) is 0 Å². The summed E-state index contributed by atoms with van der Waals surface area (Å²) in [6.07, 6.45) is 6.93. The lowest BCUT2D eigenvalue weighted by Crippen LogP contribution is -2.17. The van der Waals surface area contributed by atoms with Gasteiger partial charge in [-0.1, -0.05) is 0 Å². The first kappa shape index (κ1) is 21.2. The van der Waals surface area contributed by atoms with E-state index in [1.54, 1.807) is 7.11 Å². The van der Waals surface area contributed by atoms with Crippen LogP contribution in [0.25, 0.3) is 16.9 Å². The first-order chi connectivity index (χ1) is 15.5. The maximum Gasteiger partial charge on any atom is 0.216 e. The van der Waals surface area contributed by atoms with Crippen LogP contribution in [-0.4, -0.2) is 69.9 Å². The van der Waals surface area contributed by atoms with Crippen LogP contribution in [0.5, 0.6) is 5.88 Å². The van der Waals surface area contributed by atoms with E-state index in [1.165, 1.54) is 24.2 Å². The van der Waals surface area contributed by atoms with Crippen molar-refractivity contribution < 1.29 is 9.47 Å². The van der Waals surface area contributed by atoms with E-state index in [9.17, 15) is 0 Å². The van der Waals surface area contributed by atoms with Gasteiger partial charge in [0.25, 0.3) is 0 Å². The second-order valence-corrected chi connectivity index (χ2v) is 9.08. The van der Waals surface area contributed by atoms with Crippen molar-refractivity contribution in [3.05, 3.63) is 41.0 Å². The SMILES string of the molecule is COc1ncc(-n2nc(-c3cn(CC4CCN(C)C4)nc3C)c3c2CCOCC3)cc1C. The van der Waals surface area contributed by atoms with Crippen LogP contribution in [0.1, 0.15) is 28.9 Å². The molecule has 0 bridgehead atoms. The van der Waals surface area contributed by atoms with Gasteiger partial charge in [0.1, 0.15) is 0 Å². The molecule has 170 valence electrons. The molecule has 5 heterocycles. The molecular formula is C24H32N6O2. The molecule has 1 saturated heterocycles. The summed E-state index contributed by atoms with van der Waals surface area (Å²) in [6.45, 7) is 8.78. The third-order valence-corrected chi connectivity index (χ3v) is 6.66. The molecule has 32 heavy (non-hydrogen) atoms. The van der Waals surface area contributed by atoms with E-state index in [0.29, 0.717) is 25.0 Å². The number of aromatic nitrogens is 5. The summed E-state index contributed by atoms with van der Waals surface area (Å²) in [7, 11) is 3.84. The quantitative estimate of drug-likeness (QED) is 0.613. The molecule has 5 rings (SSSR count). The van der Waals surface area contributed by atoms with Crippen molar-refractivity contribution in [1.29, 1.82) is 0 Å². The number of methoxy groups -OCH3 is 1. The minimum atomic E-state index is 0.644. The largest absolute Gasteiger partial charge is 0.481 e. The number of hydrogen-bond donors (Lipinski definition) is 0. The van der Waals surface area contributed by atoms with Gasteiger partial charge in [0.15, 0.2) is 0 Å². The van der Waals surface area contributed by atoms with Crippen LogP contribution in [0.4, 0.5) is 0 Å². The van der Waals surface area contributed by atoms with Gasteiger partial charge in [0.05, 0.1) is 49.3 Å². The Morgan fingerprint density at radius 2 is 2.03 bits per heavy atom. The minimum Gasteiger partial charge on any atom is -0.481 e. The van der Waals surface area contributed by atoms with E-state index in [2.05, 4.69) is 40.8 Å². The lowest BCUT2D eigenvalue weighted by molar-refractivity contribution is 0.145. The molecule has 1 fully saturated rings. The molecular weight excluding hydrogens is 404 g/mol. The van der Waals surface area contributed by atoms with E-state index < -0.39 is 0 Å². The Morgan fingerprint density at radius 1 is 1.19 bits per heavy atom. The van der Waals surface area contributed by atoms with Gasteiger partial charge in [-0.2, -0.15) is 10.2 Å². The zero-order chi connectivity index (χ0) is 22.2. The maximum atomic E-state index is 5.81. The fourth-order valence-electron chi connectivity index (χ4n) is 5.04. The monoisotopic (exact) mass is 436 g/mol. The number of nitrogens with zero attached hydrogens (tertiary/aromatic N) is 6. The summed E-state index contributed by atoms with van der Waals surface area (Å²) >= 11 is 0. The van der Waals surface area contributed by atoms with E-state index in [4.69, 9.17) is 19.7 Å². The number of hydrogen-bond acceptors (Lipinski definition) is 6. The predicted octanol–water partition coefficient (Wildman–Crippen LogP) is 2.82. The fourth-order valence-corrected chi connectivity index (χ4v) is 5.04. The van der Waals surface area contributed by atoms with Crippen LogP contribution in [-0.2, 0) is 24.1 Å². The van der Waals surface area contributed by atoms with Crippen LogP contribution in [0.3, 0.4) is 0 Å². The van der Waals surface area contributed by atoms with Crippen LogP contribution >= 0.6 is 0 Å². The van der Waals surface area contributed by atoms with Crippen LogP contribution in [0.2, 0.25) is 0 Å². The number of ether oxygens (including phenoxy) is 2. The Bertz CT molecular complexity index is 1120. The molecule has 2 aliphatic heterocycles. The topological polar surface area (TPSA) is 70.2 Å². The second kappa shape index (κ2) is 8.67. The smallest absolute Gasteiger partial charge is 0.216 e. The fraction of sp³-hybridized carbons (Fsp3) is 0.542. The average molecular weight is 437 g/mol. The van der Waals surface area contributed by atoms with Gasteiger partial charge in [-0.15, -0.1) is 0 Å². The molecule has 1 atom stereocenters. The van der Waals surface area contributed by atoms with Gasteiger partial charge in [0, 0.05) is 42.4 Å². The molecule has 0 radical (unpaired) electrons. The normalized spacial score (nSPS) is 19.2. The van der Waals surface area contributed by atoms with Gasteiger partial charge < -0.3 is 14.4 Å². The van der Waals surface area contributed by atoms with E-state index in [0.717, 1.165) is 54.1 Å². The molecule has 0 aromatic carbocycles. The number of likely N-dealkylation sites (tertiary alicyclic amines) is 1. The summed E-state index contributed by atoms with van der Waals surface area (Å²) in [6, 6.07) is 2.08. The van der Waals surface area contributed by atoms with Crippen molar-refractivity contribution in [3.63, 3.8) is 0 Å². The Kier molecular flexibility index (Phi) is 5.73. The minimum absolute atomic E-state index is 0.644. The number of rotatable bonds is 5.